The standard InChI is InChI=1S/C34H51N3O7S/c1-31(2,3)44-30(40)35-26(11-12-28(38)43-6)29(39)36-27-21-24-14-16-34(27,32(24,4)5)22-45(41,42)37-19-17-33(18-20-37)15-13-23-9-7-8-10-25(23)33/h7-10,24,26-27H,11-22H2,1-6H3,(H,35,40)(H,36,39)/t24-,26+,27+,34-/m1/s1. The molecule has 1 saturated heterocycles. The number of nitrogens with zero attached hydrogens (tertiary/aromatic N) is 1. The third-order valence-electron chi connectivity index (χ3n) is 11.6. The van der Waals surface area contributed by atoms with Gasteiger partial charge in [-0.05, 0) is 100 Å². The number of hydrogen-bond donors (Lipinski definition) is 2. The fourth-order valence-corrected chi connectivity index (χ4v) is 11.2. The van der Waals surface area contributed by atoms with Gasteiger partial charge in [-0.2, -0.15) is 0 Å². The molecule has 3 aliphatic carbocycles. The van der Waals surface area contributed by atoms with E-state index in [1.54, 1.807) is 25.1 Å². The Morgan fingerprint density at radius 3 is 2.40 bits per heavy atom. The first kappa shape index (κ1) is 33.7. The minimum absolute atomic E-state index is 0.0235. The van der Waals surface area contributed by atoms with Crippen LogP contribution in [0, 0.1) is 16.7 Å². The molecule has 1 aromatic rings. The number of carbonyl (C=O) groups is 3. The Kier molecular flexibility index (Phi) is 9.12. The van der Waals surface area contributed by atoms with Crippen LogP contribution in [0.15, 0.2) is 24.3 Å². The Morgan fingerprint density at radius 2 is 1.76 bits per heavy atom. The van der Waals surface area contributed by atoms with E-state index in [9.17, 15) is 22.8 Å². The highest BCUT2D eigenvalue weighted by Gasteiger charge is 2.66. The van der Waals surface area contributed by atoms with Crippen molar-refractivity contribution in [3.8, 4) is 0 Å². The first-order valence-electron chi connectivity index (χ1n) is 16.4. The normalized spacial score (nSPS) is 27.5. The van der Waals surface area contributed by atoms with Crippen LogP contribution in [0.1, 0.15) is 97.1 Å². The molecule has 1 heterocycles. The Bertz CT molecular complexity index is 1410. The number of esters is 1. The molecule has 5 rings (SSSR count). The molecule has 4 atom stereocenters. The fraction of sp³-hybridized carbons (Fsp3) is 0.735. The molecule has 2 amide bonds. The summed E-state index contributed by atoms with van der Waals surface area (Å²) in [7, 11) is -2.35. The van der Waals surface area contributed by atoms with Gasteiger partial charge in [-0.3, -0.25) is 9.59 Å². The number of piperidine rings is 1. The smallest absolute Gasteiger partial charge is 0.408 e. The van der Waals surface area contributed by atoms with Crippen molar-refractivity contribution in [2.75, 3.05) is 26.0 Å². The number of methoxy groups -OCH3 is 1. The van der Waals surface area contributed by atoms with Crippen LogP contribution in [-0.4, -0.2) is 74.3 Å². The van der Waals surface area contributed by atoms with Crippen molar-refractivity contribution in [2.24, 2.45) is 16.7 Å². The van der Waals surface area contributed by atoms with E-state index in [-0.39, 0.29) is 41.4 Å². The van der Waals surface area contributed by atoms with Gasteiger partial charge in [0, 0.05) is 31.0 Å². The number of alkyl carbamates (subject to hydrolysis) is 1. The highest BCUT2D eigenvalue weighted by Crippen LogP contribution is 2.66. The summed E-state index contributed by atoms with van der Waals surface area (Å²) in [6, 6.07) is 7.16. The van der Waals surface area contributed by atoms with E-state index >= 15 is 0 Å². The molecule has 45 heavy (non-hydrogen) atoms. The summed E-state index contributed by atoms with van der Waals surface area (Å²) in [5.74, 6) is -0.698. The van der Waals surface area contributed by atoms with Crippen molar-refractivity contribution >= 4 is 28.0 Å². The minimum Gasteiger partial charge on any atom is -0.469 e. The van der Waals surface area contributed by atoms with Crippen molar-refractivity contribution in [2.45, 2.75) is 116 Å². The molecule has 1 aliphatic heterocycles. The minimum atomic E-state index is -3.63. The van der Waals surface area contributed by atoms with Crippen LogP contribution in [0.2, 0.25) is 0 Å². The number of rotatable bonds is 9. The van der Waals surface area contributed by atoms with Crippen molar-refractivity contribution in [3.05, 3.63) is 35.4 Å². The van der Waals surface area contributed by atoms with Crippen LogP contribution in [0.4, 0.5) is 4.79 Å². The highest BCUT2D eigenvalue weighted by atomic mass is 32.2. The van der Waals surface area contributed by atoms with Gasteiger partial charge in [0.15, 0.2) is 0 Å². The Morgan fingerprint density at radius 1 is 1.07 bits per heavy atom. The molecule has 1 aromatic carbocycles. The number of aryl methyl sites for hydroxylation is 1. The molecule has 250 valence electrons. The van der Waals surface area contributed by atoms with Gasteiger partial charge in [0.25, 0.3) is 0 Å². The molecular formula is C34H51N3O7S. The zero-order chi connectivity index (χ0) is 32.8. The van der Waals surface area contributed by atoms with Gasteiger partial charge >= 0.3 is 12.1 Å². The number of sulfonamides is 1. The molecule has 11 heteroatoms. The van der Waals surface area contributed by atoms with Gasteiger partial charge in [0.05, 0.1) is 12.9 Å². The topological polar surface area (TPSA) is 131 Å². The van der Waals surface area contributed by atoms with E-state index in [4.69, 9.17) is 9.47 Å². The summed E-state index contributed by atoms with van der Waals surface area (Å²) in [6.07, 6.45) is 5.25. The van der Waals surface area contributed by atoms with Crippen molar-refractivity contribution in [3.63, 3.8) is 0 Å². The molecule has 2 saturated carbocycles. The first-order chi connectivity index (χ1) is 21.0. The van der Waals surface area contributed by atoms with Crippen LogP contribution in [0.25, 0.3) is 0 Å². The summed E-state index contributed by atoms with van der Waals surface area (Å²) in [5.41, 5.74) is 1.11. The lowest BCUT2D eigenvalue weighted by atomic mass is 9.69. The number of hydrogen-bond acceptors (Lipinski definition) is 7. The molecule has 1 spiro atoms. The average molecular weight is 646 g/mol. The van der Waals surface area contributed by atoms with Crippen molar-refractivity contribution in [1.82, 2.24) is 14.9 Å². The Balaban J connectivity index is 1.31. The van der Waals surface area contributed by atoms with Crippen molar-refractivity contribution < 1.29 is 32.3 Å². The molecule has 0 unspecified atom stereocenters. The van der Waals surface area contributed by atoms with Crippen LogP contribution in [0.3, 0.4) is 0 Å². The number of ether oxygens (including phenoxy) is 2. The summed E-state index contributed by atoms with van der Waals surface area (Å²) in [5, 5.41) is 5.78. The third-order valence-corrected chi connectivity index (χ3v) is 13.6. The third kappa shape index (κ3) is 6.48. The molecule has 0 radical (unpaired) electrons. The molecule has 0 aromatic heterocycles. The Labute approximate surface area is 268 Å². The number of benzene rings is 1. The maximum Gasteiger partial charge on any atom is 0.408 e. The van der Waals surface area contributed by atoms with Gasteiger partial charge in [0.2, 0.25) is 15.9 Å². The second-order valence-electron chi connectivity index (χ2n) is 15.3. The van der Waals surface area contributed by atoms with E-state index in [0.717, 1.165) is 32.1 Å². The van der Waals surface area contributed by atoms with Crippen LogP contribution >= 0.6 is 0 Å². The highest BCUT2D eigenvalue weighted by molar-refractivity contribution is 7.89. The quantitative estimate of drug-likeness (QED) is 0.380. The maximum absolute atomic E-state index is 14.2. The van der Waals surface area contributed by atoms with Gasteiger partial charge in [-0.1, -0.05) is 38.1 Å². The van der Waals surface area contributed by atoms with E-state index in [1.807, 2.05) is 0 Å². The largest absolute Gasteiger partial charge is 0.469 e. The molecule has 4 aliphatic rings. The number of nitrogens with one attached hydrogen (secondary N) is 2. The van der Waals surface area contributed by atoms with Crippen LogP contribution in [-0.2, 0) is 40.9 Å². The average Bonchev–Trinajstić information content (AvgIpc) is 3.50. The SMILES string of the molecule is COC(=O)CC[C@H](NC(=O)OC(C)(C)C)C(=O)N[C@H]1C[C@H]2CC[C@]1(CS(=O)(=O)N1CCC3(CCc4ccccc43)CC1)C2(C)C. The van der Waals surface area contributed by atoms with Crippen molar-refractivity contribution in [1.29, 1.82) is 0 Å². The van der Waals surface area contributed by atoms with E-state index in [1.165, 1.54) is 18.2 Å². The predicted molar refractivity (Wildman–Crippen MR) is 171 cm³/mol. The zero-order valence-electron chi connectivity index (χ0n) is 27.7. The molecule has 2 N–H and O–H groups in total. The predicted octanol–water partition coefficient (Wildman–Crippen LogP) is 4.45. The zero-order valence-corrected chi connectivity index (χ0v) is 28.6. The fourth-order valence-electron chi connectivity index (χ4n) is 8.87. The van der Waals surface area contributed by atoms with E-state index < -0.39 is 45.1 Å². The second-order valence-corrected chi connectivity index (χ2v) is 17.3. The lowest BCUT2D eigenvalue weighted by Gasteiger charge is -2.45. The Hall–Kier alpha value is -2.66. The van der Waals surface area contributed by atoms with E-state index in [2.05, 4.69) is 48.7 Å². The van der Waals surface area contributed by atoms with Crippen LogP contribution < -0.4 is 10.6 Å². The van der Waals surface area contributed by atoms with Gasteiger partial charge in [-0.25, -0.2) is 17.5 Å². The molecule has 3 fully saturated rings. The summed E-state index contributed by atoms with van der Waals surface area (Å²) in [6.45, 7) is 10.5. The van der Waals surface area contributed by atoms with Gasteiger partial charge < -0.3 is 20.1 Å². The lowest BCUT2D eigenvalue weighted by Crippen LogP contribution is -2.58. The van der Waals surface area contributed by atoms with Crippen LogP contribution in [0.5, 0.6) is 0 Å². The second kappa shape index (κ2) is 12.2. The summed E-state index contributed by atoms with van der Waals surface area (Å²) in [4.78, 5) is 38.3. The number of fused-ring (bicyclic) bond motifs is 4. The van der Waals surface area contributed by atoms with Gasteiger partial charge in [0.1, 0.15) is 11.6 Å². The number of amides is 2. The molecule has 2 bridgehead atoms. The van der Waals surface area contributed by atoms with Gasteiger partial charge in [-0.15, -0.1) is 0 Å². The maximum atomic E-state index is 14.2. The van der Waals surface area contributed by atoms with E-state index in [0.29, 0.717) is 25.9 Å². The summed E-state index contributed by atoms with van der Waals surface area (Å²) >= 11 is 0. The molecular weight excluding hydrogens is 594 g/mol. The lowest BCUT2D eigenvalue weighted by molar-refractivity contribution is -0.141. The monoisotopic (exact) mass is 645 g/mol. The first-order valence-corrected chi connectivity index (χ1v) is 18.1. The summed E-state index contributed by atoms with van der Waals surface area (Å²) < 4.78 is 40.2. The number of carbonyl (C=O) groups excluding carboxylic acids is 3. The molecule has 10 nitrogen and oxygen atoms in total.